The number of benzene rings is 6. The van der Waals surface area contributed by atoms with Crippen molar-refractivity contribution in [1.82, 2.24) is 4.13 Å². The van der Waals surface area contributed by atoms with Gasteiger partial charge in [-0.05, 0) is 76.3 Å². The molecule has 2 N–H and O–H groups in total. The summed E-state index contributed by atoms with van der Waals surface area (Å²) in [6.07, 6.45) is 0. The van der Waals surface area contributed by atoms with Crippen LogP contribution in [0.15, 0.2) is 116 Å². The molecular formula is C49H46F5N3O5S2. The molecule has 8 nitrogen and oxygen atoms in total. The van der Waals surface area contributed by atoms with E-state index in [1.54, 1.807) is 36.4 Å². The van der Waals surface area contributed by atoms with Crippen LogP contribution in [0.25, 0.3) is 33.4 Å². The van der Waals surface area contributed by atoms with Gasteiger partial charge in [0.15, 0.2) is 28.2 Å². The summed E-state index contributed by atoms with van der Waals surface area (Å²) in [7, 11) is -11.3. The number of nitrogens with zero attached hydrogens (tertiary/aromatic N) is 1. The first-order valence-corrected chi connectivity index (χ1v) is 23.6. The molecule has 5 aromatic rings. The quantitative estimate of drug-likeness (QED) is 0.0545. The summed E-state index contributed by atoms with van der Waals surface area (Å²) in [5, 5.41) is 4.50. The van der Waals surface area contributed by atoms with Crippen LogP contribution < -0.4 is 14.8 Å². The van der Waals surface area contributed by atoms with E-state index in [2.05, 4.69) is 72.8 Å². The monoisotopic (exact) mass is 915 g/mol. The lowest BCUT2D eigenvalue weighted by Gasteiger charge is -2.22. The third kappa shape index (κ3) is 8.55. The highest BCUT2D eigenvalue weighted by atomic mass is 32.3. The molecule has 0 bridgehead atoms. The van der Waals surface area contributed by atoms with Crippen LogP contribution in [-0.4, -0.2) is 16.8 Å². The van der Waals surface area contributed by atoms with Crippen molar-refractivity contribution < 1.29 is 43.2 Å². The van der Waals surface area contributed by atoms with Crippen LogP contribution >= 0.6 is 0 Å². The zero-order valence-corrected chi connectivity index (χ0v) is 37.9. The lowest BCUT2D eigenvalue weighted by molar-refractivity contribution is 0.357. The Kier molecular flexibility index (Phi) is 12.7. The molecular weight excluding hydrogens is 870 g/mol. The number of sulfonamides is 2. The third-order valence-electron chi connectivity index (χ3n) is 11.0. The van der Waals surface area contributed by atoms with E-state index in [0.717, 1.165) is 39.7 Å². The molecule has 0 spiro atoms. The van der Waals surface area contributed by atoms with Crippen LogP contribution in [0.3, 0.4) is 0 Å². The van der Waals surface area contributed by atoms with E-state index in [1.807, 2.05) is 24.3 Å². The molecule has 0 fully saturated rings. The number of halogens is 5. The van der Waals surface area contributed by atoms with Gasteiger partial charge in [-0.2, -0.15) is 0 Å². The van der Waals surface area contributed by atoms with Gasteiger partial charge < -0.3 is 9.73 Å². The zero-order valence-electron chi connectivity index (χ0n) is 36.2. The highest BCUT2D eigenvalue weighted by Crippen LogP contribution is 2.44. The smallest absolute Gasteiger partial charge is 0.259 e. The van der Waals surface area contributed by atoms with Gasteiger partial charge in [0.25, 0.3) is 20.0 Å². The fraction of sp³-hybridized carbons (Fsp3) is 0.245. The molecule has 0 saturated carbocycles. The van der Waals surface area contributed by atoms with E-state index in [-0.39, 0.29) is 46.1 Å². The lowest BCUT2D eigenvalue weighted by atomic mass is 9.92. The summed E-state index contributed by atoms with van der Waals surface area (Å²) >= 11 is 0. The minimum atomic E-state index is -5.96. The van der Waals surface area contributed by atoms with Gasteiger partial charge in [-0.1, -0.05) is 110 Å². The molecule has 0 atom stereocenters. The molecule has 1 aliphatic heterocycles. The number of hydrogen-bond acceptors (Lipinski definition) is 7. The molecule has 1 aliphatic carbocycles. The van der Waals surface area contributed by atoms with Crippen LogP contribution in [0, 0.1) is 29.1 Å². The normalized spacial score (nSPS) is 12.8. The fourth-order valence-corrected chi connectivity index (χ4v) is 11.1. The maximum absolute atomic E-state index is 14.8. The molecule has 0 unspecified atom stereocenters. The SMILES string of the molecule is CC(C)c1cccc(C(C)C)c1N=c1ccc2c(-c3ccccc3S(=O)(=O)NS(=O)(=O)c3c(F)c(F)c(F)c(F)c3F)c3ccc(Nc4c(C(C)C)cccc4C(C)C)cc3oc-2c1. The minimum Gasteiger partial charge on any atom is -0.456 e. The van der Waals surface area contributed by atoms with Gasteiger partial charge in [0.2, 0.25) is 5.82 Å². The van der Waals surface area contributed by atoms with Crippen molar-refractivity contribution in [2.24, 2.45) is 4.99 Å². The Labute approximate surface area is 369 Å². The second kappa shape index (κ2) is 17.6. The average molecular weight is 916 g/mol. The van der Waals surface area contributed by atoms with Gasteiger partial charge in [-0.3, -0.25) is 0 Å². The first-order valence-electron chi connectivity index (χ1n) is 20.6. The molecule has 334 valence electrons. The molecule has 7 rings (SSSR count). The van der Waals surface area contributed by atoms with Crippen LogP contribution in [-0.2, 0) is 20.0 Å². The highest BCUT2D eigenvalue weighted by molar-refractivity contribution is 8.04. The van der Waals surface area contributed by atoms with Crippen molar-refractivity contribution in [3.05, 3.63) is 154 Å². The van der Waals surface area contributed by atoms with Crippen LogP contribution in [0.4, 0.5) is 39.0 Å². The Balaban J connectivity index is 1.48. The van der Waals surface area contributed by atoms with Crippen molar-refractivity contribution >= 4 is 48.1 Å². The number of hydrogen-bond donors (Lipinski definition) is 2. The molecule has 0 saturated heterocycles. The van der Waals surface area contributed by atoms with Gasteiger partial charge >= 0.3 is 0 Å². The van der Waals surface area contributed by atoms with Gasteiger partial charge in [0.1, 0.15) is 11.3 Å². The molecule has 0 amide bonds. The van der Waals surface area contributed by atoms with E-state index in [4.69, 9.17) is 9.41 Å². The topological polar surface area (TPSA) is 118 Å². The largest absolute Gasteiger partial charge is 0.456 e. The second-order valence-electron chi connectivity index (χ2n) is 16.8. The van der Waals surface area contributed by atoms with E-state index >= 15 is 0 Å². The van der Waals surface area contributed by atoms with E-state index in [0.29, 0.717) is 22.0 Å². The molecule has 2 aliphatic rings. The molecule has 5 aromatic carbocycles. The van der Waals surface area contributed by atoms with Crippen molar-refractivity contribution in [3.63, 3.8) is 0 Å². The second-order valence-corrected chi connectivity index (χ2v) is 20.3. The summed E-state index contributed by atoms with van der Waals surface area (Å²) in [5.41, 5.74) is 7.48. The first-order chi connectivity index (χ1) is 30.1. The van der Waals surface area contributed by atoms with Gasteiger partial charge in [0.05, 0.1) is 15.9 Å². The van der Waals surface area contributed by atoms with Crippen molar-refractivity contribution in [2.45, 2.75) is 88.9 Å². The highest BCUT2D eigenvalue weighted by Gasteiger charge is 2.37. The maximum atomic E-state index is 14.8. The summed E-state index contributed by atoms with van der Waals surface area (Å²) in [4.78, 5) is 2.08. The van der Waals surface area contributed by atoms with Gasteiger partial charge in [-0.25, -0.2) is 43.8 Å². The predicted octanol–water partition coefficient (Wildman–Crippen LogP) is 13.0. The fourth-order valence-electron chi connectivity index (χ4n) is 7.89. The number of fused-ring (bicyclic) bond motifs is 2. The maximum Gasteiger partial charge on any atom is 0.259 e. The van der Waals surface area contributed by atoms with Crippen molar-refractivity contribution in [1.29, 1.82) is 0 Å². The van der Waals surface area contributed by atoms with Crippen LogP contribution in [0.5, 0.6) is 0 Å². The Morgan fingerprint density at radius 1 is 0.547 bits per heavy atom. The van der Waals surface area contributed by atoms with E-state index < -0.39 is 58.9 Å². The zero-order chi connectivity index (χ0) is 46.6. The van der Waals surface area contributed by atoms with Crippen molar-refractivity contribution in [2.75, 3.05) is 5.32 Å². The molecule has 0 aromatic heterocycles. The summed E-state index contributed by atoms with van der Waals surface area (Å²) < 4.78 is 135. The summed E-state index contributed by atoms with van der Waals surface area (Å²) in [6, 6.07) is 27.9. The summed E-state index contributed by atoms with van der Waals surface area (Å²) in [6.45, 7) is 16.7. The molecule has 1 heterocycles. The number of nitrogens with one attached hydrogen (secondary N) is 2. The molecule has 64 heavy (non-hydrogen) atoms. The van der Waals surface area contributed by atoms with Crippen molar-refractivity contribution in [3.8, 4) is 22.5 Å². The lowest BCUT2D eigenvalue weighted by Crippen LogP contribution is -2.33. The minimum absolute atomic E-state index is 0.0710. The summed E-state index contributed by atoms with van der Waals surface area (Å²) in [5.74, 6) is -12.3. The predicted molar refractivity (Wildman–Crippen MR) is 240 cm³/mol. The van der Waals surface area contributed by atoms with Crippen LogP contribution in [0.2, 0.25) is 0 Å². The van der Waals surface area contributed by atoms with Gasteiger partial charge in [0, 0.05) is 45.6 Å². The van der Waals surface area contributed by atoms with Gasteiger partial charge in [-0.15, -0.1) is 4.13 Å². The Hall–Kier alpha value is -5.90. The number of anilines is 2. The molecule has 0 radical (unpaired) electrons. The van der Waals surface area contributed by atoms with E-state index in [9.17, 15) is 38.8 Å². The Bertz CT molecular complexity index is 3160. The van der Waals surface area contributed by atoms with Crippen LogP contribution in [0.1, 0.15) is 101 Å². The van der Waals surface area contributed by atoms with E-state index in [1.165, 1.54) is 22.3 Å². The Morgan fingerprint density at radius 2 is 1.08 bits per heavy atom. The number of rotatable bonds is 12. The molecule has 15 heteroatoms. The first kappa shape index (κ1) is 46.1. The average Bonchev–Trinajstić information content (AvgIpc) is 3.23. The standard InChI is InChI=1S/C49H46F5N3O5S2/c1-25(2)31-14-11-15-32(26(3)4)47(31)55-29-19-21-35-38(23-29)62-39-24-30(56-48-33(27(5)6)16-12-17-34(48)28(7)8)20-22-36(39)41(35)37-13-9-10-18-40(37)63(58,59)57-64(60,61)49-45(53)43(51)42(50)44(52)46(49)54/h9-28,55,57H,1-8H3. The third-order valence-corrected chi connectivity index (χ3v) is 14.6. The number of para-hydroxylation sites is 2. The Morgan fingerprint density at radius 3 is 1.64 bits per heavy atom.